The van der Waals surface area contributed by atoms with Gasteiger partial charge in [0.15, 0.2) is 5.58 Å². The maximum Gasteiger partial charge on any atom is 0.268 e. The van der Waals surface area contributed by atoms with Crippen LogP contribution in [0.1, 0.15) is 28.9 Å². The first-order valence-electron chi connectivity index (χ1n) is 7.09. The number of carbonyl (C=O) groups is 1. The summed E-state index contributed by atoms with van der Waals surface area (Å²) in [6.45, 7) is 8.68. The van der Waals surface area contributed by atoms with E-state index in [1.54, 1.807) is 18.4 Å². The number of nitrogens with zero attached hydrogens (tertiary/aromatic N) is 1. The summed E-state index contributed by atoms with van der Waals surface area (Å²) in [4.78, 5) is 12.4. The molecule has 3 rings (SSSR count). The number of allylic oxidation sites excluding steroid dienone is 1. The summed E-state index contributed by atoms with van der Waals surface area (Å²) >= 11 is 0. The molecule has 0 saturated carbocycles. The van der Waals surface area contributed by atoms with Crippen molar-refractivity contribution < 1.29 is 13.6 Å². The number of carbonyl (C=O) groups excluding carboxylic acids is 1. The second-order valence-electron chi connectivity index (χ2n) is 5.44. The van der Waals surface area contributed by atoms with E-state index in [1.165, 1.54) is 0 Å². The Bertz CT molecular complexity index is 822. The van der Waals surface area contributed by atoms with Crippen LogP contribution in [0.2, 0.25) is 0 Å². The molecule has 0 bridgehead atoms. The third-order valence-corrected chi connectivity index (χ3v) is 3.38. The smallest absolute Gasteiger partial charge is 0.268 e. The van der Waals surface area contributed by atoms with Crippen molar-refractivity contribution in [3.05, 3.63) is 59.9 Å². The molecule has 1 amide bonds. The van der Waals surface area contributed by atoms with E-state index in [0.717, 1.165) is 16.9 Å². The van der Waals surface area contributed by atoms with Crippen LogP contribution >= 0.6 is 0 Å². The molecule has 0 aliphatic carbocycles. The third kappa shape index (κ3) is 2.70. The first-order valence-corrected chi connectivity index (χ1v) is 7.09. The zero-order chi connectivity index (χ0) is 15.7. The highest BCUT2D eigenvalue weighted by Crippen LogP contribution is 2.24. The molecule has 0 aliphatic rings. The van der Waals surface area contributed by atoms with E-state index < -0.39 is 0 Å². The molecule has 0 atom stereocenters. The molecule has 0 fully saturated rings. The molecule has 114 valence electrons. The molecular formula is C17H18N2O3. The van der Waals surface area contributed by atoms with E-state index in [-0.39, 0.29) is 5.91 Å². The minimum atomic E-state index is -0.165. The molecule has 0 unspecified atom stereocenters. The van der Waals surface area contributed by atoms with E-state index >= 15 is 0 Å². The lowest BCUT2D eigenvalue weighted by Crippen LogP contribution is -2.25. The van der Waals surface area contributed by atoms with Crippen LogP contribution in [0.4, 0.5) is 0 Å². The van der Waals surface area contributed by atoms with Crippen molar-refractivity contribution in [3.63, 3.8) is 0 Å². The topological polar surface area (TPSA) is 60.3 Å². The van der Waals surface area contributed by atoms with Crippen LogP contribution in [0.15, 0.2) is 51.5 Å². The Balaban J connectivity index is 1.89. The Labute approximate surface area is 128 Å². The lowest BCUT2D eigenvalue weighted by atomic mass is 10.3. The van der Waals surface area contributed by atoms with Crippen molar-refractivity contribution in [2.75, 3.05) is 0 Å². The molecule has 5 nitrogen and oxygen atoms in total. The first-order chi connectivity index (χ1) is 10.5. The molecule has 0 radical (unpaired) electrons. The van der Waals surface area contributed by atoms with Crippen LogP contribution in [-0.2, 0) is 13.1 Å². The van der Waals surface area contributed by atoms with Gasteiger partial charge in [-0.25, -0.2) is 0 Å². The van der Waals surface area contributed by atoms with Gasteiger partial charge < -0.3 is 18.7 Å². The highest BCUT2D eigenvalue weighted by molar-refractivity contribution is 5.97. The van der Waals surface area contributed by atoms with Gasteiger partial charge in [-0.2, -0.15) is 0 Å². The second kappa shape index (κ2) is 5.60. The molecule has 3 aromatic rings. The van der Waals surface area contributed by atoms with Gasteiger partial charge in [0.25, 0.3) is 5.91 Å². The molecule has 0 spiro atoms. The number of fused-ring (bicyclic) bond motifs is 1. The van der Waals surface area contributed by atoms with Crippen LogP contribution in [-0.4, -0.2) is 10.5 Å². The third-order valence-electron chi connectivity index (χ3n) is 3.38. The number of aromatic nitrogens is 1. The van der Waals surface area contributed by atoms with Gasteiger partial charge in [0.05, 0.1) is 18.3 Å². The molecule has 3 aromatic heterocycles. The summed E-state index contributed by atoms with van der Waals surface area (Å²) < 4.78 is 12.8. The number of hydrogen-bond acceptors (Lipinski definition) is 3. The highest BCUT2D eigenvalue weighted by Gasteiger charge is 2.18. The predicted octanol–water partition coefficient (Wildman–Crippen LogP) is 3.64. The Morgan fingerprint density at radius 3 is 2.91 bits per heavy atom. The SMILES string of the molecule is C=C(C)Cn1c(C(=O)NCc2ccco2)cc2oc(C)cc21. The van der Waals surface area contributed by atoms with E-state index in [2.05, 4.69) is 11.9 Å². The molecule has 22 heavy (non-hydrogen) atoms. The maximum atomic E-state index is 12.4. The van der Waals surface area contributed by atoms with Crippen LogP contribution in [0.5, 0.6) is 0 Å². The number of amides is 1. The minimum Gasteiger partial charge on any atom is -0.467 e. The number of hydrogen-bond donors (Lipinski definition) is 1. The van der Waals surface area contributed by atoms with Crippen molar-refractivity contribution in [3.8, 4) is 0 Å². The summed E-state index contributed by atoms with van der Waals surface area (Å²) in [6, 6.07) is 7.31. The molecule has 0 saturated heterocycles. The molecule has 0 aromatic carbocycles. The average Bonchev–Trinajstić information content (AvgIpc) is 3.14. The van der Waals surface area contributed by atoms with Crippen LogP contribution in [0, 0.1) is 6.92 Å². The molecule has 0 aliphatic heterocycles. The first kappa shape index (κ1) is 14.3. The Kier molecular flexibility index (Phi) is 3.63. The minimum absolute atomic E-state index is 0.165. The van der Waals surface area contributed by atoms with Gasteiger partial charge in [-0.3, -0.25) is 4.79 Å². The van der Waals surface area contributed by atoms with E-state index in [4.69, 9.17) is 8.83 Å². The van der Waals surface area contributed by atoms with Crippen LogP contribution < -0.4 is 5.32 Å². The molecule has 3 heterocycles. The van der Waals surface area contributed by atoms with Gasteiger partial charge in [0, 0.05) is 18.7 Å². The fourth-order valence-corrected chi connectivity index (χ4v) is 2.46. The Morgan fingerprint density at radius 2 is 2.23 bits per heavy atom. The summed E-state index contributed by atoms with van der Waals surface area (Å²) in [5, 5.41) is 2.86. The zero-order valence-electron chi connectivity index (χ0n) is 12.7. The average molecular weight is 298 g/mol. The van der Waals surface area contributed by atoms with Crippen molar-refractivity contribution in [1.82, 2.24) is 9.88 Å². The number of rotatable bonds is 5. The highest BCUT2D eigenvalue weighted by atomic mass is 16.3. The monoisotopic (exact) mass is 298 g/mol. The van der Waals surface area contributed by atoms with Gasteiger partial charge in [0.1, 0.15) is 17.2 Å². The van der Waals surface area contributed by atoms with Crippen molar-refractivity contribution >= 4 is 17.0 Å². The van der Waals surface area contributed by atoms with Crippen LogP contribution in [0.25, 0.3) is 11.1 Å². The zero-order valence-corrected chi connectivity index (χ0v) is 12.7. The van der Waals surface area contributed by atoms with Crippen molar-refractivity contribution in [2.45, 2.75) is 26.9 Å². The standard InChI is InChI=1S/C17H18N2O3/c1-11(2)10-19-14-7-12(3)22-16(14)8-15(19)17(20)18-9-13-5-4-6-21-13/h4-8H,1,9-10H2,2-3H3,(H,18,20). The van der Waals surface area contributed by atoms with Crippen LogP contribution in [0.3, 0.4) is 0 Å². The van der Waals surface area contributed by atoms with Gasteiger partial charge in [-0.1, -0.05) is 12.2 Å². The van der Waals surface area contributed by atoms with Crippen molar-refractivity contribution in [1.29, 1.82) is 0 Å². The summed E-state index contributed by atoms with van der Waals surface area (Å²) in [7, 11) is 0. The molecule has 5 heteroatoms. The summed E-state index contributed by atoms with van der Waals surface area (Å²) in [5.74, 6) is 1.37. The lowest BCUT2D eigenvalue weighted by molar-refractivity contribution is 0.0939. The Hall–Kier alpha value is -2.69. The quantitative estimate of drug-likeness (QED) is 0.731. The summed E-state index contributed by atoms with van der Waals surface area (Å²) in [5.41, 5.74) is 3.14. The lowest BCUT2D eigenvalue weighted by Gasteiger charge is -2.09. The number of aryl methyl sites for hydroxylation is 1. The molecule has 1 N–H and O–H groups in total. The van der Waals surface area contributed by atoms with Gasteiger partial charge >= 0.3 is 0 Å². The van der Waals surface area contributed by atoms with E-state index in [1.807, 2.05) is 30.5 Å². The predicted molar refractivity (Wildman–Crippen MR) is 83.6 cm³/mol. The largest absolute Gasteiger partial charge is 0.467 e. The fourth-order valence-electron chi connectivity index (χ4n) is 2.46. The van der Waals surface area contributed by atoms with E-state index in [9.17, 15) is 4.79 Å². The van der Waals surface area contributed by atoms with Gasteiger partial charge in [0.2, 0.25) is 0 Å². The second-order valence-corrected chi connectivity index (χ2v) is 5.44. The van der Waals surface area contributed by atoms with Gasteiger partial charge in [-0.15, -0.1) is 0 Å². The Morgan fingerprint density at radius 1 is 1.41 bits per heavy atom. The van der Waals surface area contributed by atoms with E-state index in [0.29, 0.717) is 30.1 Å². The number of nitrogens with one attached hydrogen (secondary N) is 1. The number of furan rings is 2. The van der Waals surface area contributed by atoms with Gasteiger partial charge in [-0.05, 0) is 26.0 Å². The fraction of sp³-hybridized carbons (Fsp3) is 0.235. The molecular weight excluding hydrogens is 280 g/mol. The summed E-state index contributed by atoms with van der Waals surface area (Å²) in [6.07, 6.45) is 1.58. The normalized spacial score (nSPS) is 11.0. The van der Waals surface area contributed by atoms with Crippen molar-refractivity contribution in [2.24, 2.45) is 0 Å². The maximum absolute atomic E-state index is 12.4.